The first-order chi connectivity index (χ1) is 12.1. The Labute approximate surface area is 152 Å². The lowest BCUT2D eigenvalue weighted by atomic mass is 9.63. The van der Waals surface area contributed by atoms with Gasteiger partial charge < -0.3 is 15.7 Å². The standard InChI is InChI=1S/C22H34N2O/c23-19-7-3-6-18(16-19)21-9-4-8-20(17-21)24(15-13-21)14-5-12-22(25)10-1-2-11-22/h3,6-7,16,20,25H,1-2,4-5,8-15,17,23H2. The van der Waals surface area contributed by atoms with Crippen LogP contribution in [-0.4, -0.2) is 34.7 Å². The molecule has 0 amide bonds. The van der Waals surface area contributed by atoms with Crippen molar-refractivity contribution in [1.82, 2.24) is 4.90 Å². The second-order valence-electron chi connectivity index (χ2n) is 8.98. The highest BCUT2D eigenvalue weighted by atomic mass is 16.3. The van der Waals surface area contributed by atoms with E-state index in [0.29, 0.717) is 5.41 Å². The van der Waals surface area contributed by atoms with Crippen LogP contribution in [0.5, 0.6) is 0 Å². The van der Waals surface area contributed by atoms with Gasteiger partial charge in [-0.05, 0) is 87.6 Å². The molecule has 2 saturated carbocycles. The van der Waals surface area contributed by atoms with E-state index in [1.54, 1.807) is 0 Å². The smallest absolute Gasteiger partial charge is 0.0648 e. The minimum absolute atomic E-state index is 0.340. The molecule has 25 heavy (non-hydrogen) atoms. The summed E-state index contributed by atoms with van der Waals surface area (Å²) in [5, 5.41) is 10.6. The minimum Gasteiger partial charge on any atom is -0.399 e. The van der Waals surface area contributed by atoms with Gasteiger partial charge in [-0.25, -0.2) is 0 Å². The fourth-order valence-electron chi connectivity index (χ4n) is 5.87. The van der Waals surface area contributed by atoms with E-state index in [-0.39, 0.29) is 5.60 Å². The van der Waals surface area contributed by atoms with Crippen LogP contribution in [0.15, 0.2) is 24.3 Å². The van der Waals surface area contributed by atoms with E-state index in [2.05, 4.69) is 23.1 Å². The zero-order valence-electron chi connectivity index (χ0n) is 15.6. The van der Waals surface area contributed by atoms with Crippen LogP contribution in [-0.2, 0) is 5.41 Å². The van der Waals surface area contributed by atoms with E-state index in [4.69, 9.17) is 5.73 Å². The maximum absolute atomic E-state index is 10.6. The fourth-order valence-corrected chi connectivity index (χ4v) is 5.87. The Kier molecular flexibility index (Phi) is 4.81. The highest BCUT2D eigenvalue weighted by Crippen LogP contribution is 2.47. The van der Waals surface area contributed by atoms with Crippen LogP contribution in [0.1, 0.15) is 76.2 Å². The van der Waals surface area contributed by atoms with Crippen LogP contribution in [0, 0.1) is 0 Å². The van der Waals surface area contributed by atoms with E-state index in [1.165, 1.54) is 63.6 Å². The number of nitrogens with zero attached hydrogens (tertiary/aromatic N) is 1. The van der Waals surface area contributed by atoms with Gasteiger partial charge in [-0.1, -0.05) is 31.4 Å². The number of piperidine rings is 1. The molecule has 3 nitrogen and oxygen atoms in total. The molecule has 2 unspecified atom stereocenters. The Bertz CT molecular complexity index is 595. The molecule has 3 aliphatic rings. The van der Waals surface area contributed by atoms with Gasteiger partial charge in [0.05, 0.1) is 5.60 Å². The predicted molar refractivity (Wildman–Crippen MR) is 104 cm³/mol. The third kappa shape index (κ3) is 3.59. The minimum atomic E-state index is -0.340. The van der Waals surface area contributed by atoms with Crippen LogP contribution in [0.2, 0.25) is 0 Å². The topological polar surface area (TPSA) is 49.5 Å². The van der Waals surface area contributed by atoms with E-state index >= 15 is 0 Å². The first-order valence-electron chi connectivity index (χ1n) is 10.4. The van der Waals surface area contributed by atoms with Gasteiger partial charge in [0.1, 0.15) is 0 Å². The number of likely N-dealkylation sites (tertiary alicyclic amines) is 1. The second kappa shape index (κ2) is 6.92. The van der Waals surface area contributed by atoms with Gasteiger partial charge in [0.25, 0.3) is 0 Å². The summed E-state index contributed by atoms with van der Waals surface area (Å²) in [5.41, 5.74) is 8.46. The molecule has 1 aliphatic heterocycles. The van der Waals surface area contributed by atoms with Gasteiger partial charge in [-0.2, -0.15) is 0 Å². The molecule has 0 spiro atoms. The number of hydrogen-bond acceptors (Lipinski definition) is 3. The van der Waals surface area contributed by atoms with E-state index in [0.717, 1.165) is 37.4 Å². The molecular formula is C22H34N2O. The first kappa shape index (κ1) is 17.4. The van der Waals surface area contributed by atoms with Crippen molar-refractivity contribution in [1.29, 1.82) is 0 Å². The summed E-state index contributed by atoms with van der Waals surface area (Å²) in [5.74, 6) is 0. The third-order valence-corrected chi connectivity index (χ3v) is 7.33. The number of nitrogens with two attached hydrogens (primary N) is 1. The lowest BCUT2D eigenvalue weighted by Crippen LogP contribution is -2.52. The van der Waals surface area contributed by atoms with Crippen molar-refractivity contribution in [3.63, 3.8) is 0 Å². The number of hydrogen-bond donors (Lipinski definition) is 2. The number of anilines is 1. The molecule has 2 atom stereocenters. The highest BCUT2D eigenvalue weighted by Gasteiger charge is 2.43. The number of rotatable bonds is 5. The molecule has 3 N–H and O–H groups in total. The van der Waals surface area contributed by atoms with Crippen LogP contribution in [0.4, 0.5) is 5.69 Å². The molecule has 1 heterocycles. The molecule has 3 fully saturated rings. The Morgan fingerprint density at radius 1 is 1.12 bits per heavy atom. The Morgan fingerprint density at radius 3 is 2.76 bits per heavy atom. The van der Waals surface area contributed by atoms with Gasteiger partial charge in [0.2, 0.25) is 0 Å². The van der Waals surface area contributed by atoms with Crippen molar-refractivity contribution < 1.29 is 5.11 Å². The number of aliphatic hydroxyl groups is 1. The summed E-state index contributed by atoms with van der Waals surface area (Å²) >= 11 is 0. The molecular weight excluding hydrogens is 308 g/mol. The summed E-state index contributed by atoms with van der Waals surface area (Å²) in [7, 11) is 0. The van der Waals surface area contributed by atoms with Crippen molar-refractivity contribution in [2.75, 3.05) is 18.8 Å². The van der Waals surface area contributed by atoms with Crippen LogP contribution in [0.25, 0.3) is 0 Å². The summed E-state index contributed by atoms with van der Waals surface area (Å²) < 4.78 is 0. The average molecular weight is 343 g/mol. The Hall–Kier alpha value is -1.06. The van der Waals surface area contributed by atoms with E-state index in [9.17, 15) is 5.11 Å². The maximum atomic E-state index is 10.6. The fraction of sp³-hybridized carbons (Fsp3) is 0.727. The summed E-state index contributed by atoms with van der Waals surface area (Å²) in [4.78, 5) is 2.72. The third-order valence-electron chi connectivity index (χ3n) is 7.33. The van der Waals surface area contributed by atoms with Crippen molar-refractivity contribution in [2.45, 2.75) is 87.7 Å². The predicted octanol–water partition coefficient (Wildman–Crippen LogP) is 4.24. The van der Waals surface area contributed by atoms with Crippen molar-refractivity contribution in [3.05, 3.63) is 29.8 Å². The molecule has 1 saturated heterocycles. The lowest BCUT2D eigenvalue weighted by Gasteiger charge is -2.51. The SMILES string of the molecule is Nc1cccc(C23CCCC(C2)N(CCCC2(O)CCCC2)CC3)c1. The summed E-state index contributed by atoms with van der Waals surface area (Å²) in [6, 6.07) is 9.36. The molecule has 2 aliphatic carbocycles. The molecule has 0 aromatic heterocycles. The Morgan fingerprint density at radius 2 is 1.96 bits per heavy atom. The van der Waals surface area contributed by atoms with Crippen LogP contribution < -0.4 is 5.73 Å². The summed E-state index contributed by atoms with van der Waals surface area (Å²) in [6.45, 7) is 2.37. The van der Waals surface area contributed by atoms with Crippen LogP contribution in [0.3, 0.4) is 0 Å². The van der Waals surface area contributed by atoms with E-state index in [1.807, 2.05) is 6.07 Å². The first-order valence-corrected chi connectivity index (χ1v) is 10.4. The normalized spacial score (nSPS) is 32.0. The molecule has 2 bridgehead atoms. The van der Waals surface area contributed by atoms with Gasteiger partial charge in [0.15, 0.2) is 0 Å². The molecule has 1 aromatic carbocycles. The van der Waals surface area contributed by atoms with Crippen molar-refractivity contribution in [2.24, 2.45) is 0 Å². The van der Waals surface area contributed by atoms with E-state index < -0.39 is 0 Å². The quantitative estimate of drug-likeness (QED) is 0.787. The van der Waals surface area contributed by atoms with Gasteiger partial charge in [-0.3, -0.25) is 0 Å². The van der Waals surface area contributed by atoms with Crippen molar-refractivity contribution >= 4 is 5.69 Å². The van der Waals surface area contributed by atoms with Crippen molar-refractivity contribution in [3.8, 4) is 0 Å². The Balaban J connectivity index is 1.37. The van der Waals surface area contributed by atoms with Gasteiger partial charge >= 0.3 is 0 Å². The largest absolute Gasteiger partial charge is 0.399 e. The lowest BCUT2D eigenvalue weighted by molar-refractivity contribution is 0.0198. The molecule has 4 rings (SSSR count). The molecule has 1 aromatic rings. The maximum Gasteiger partial charge on any atom is 0.0648 e. The molecule has 0 radical (unpaired) electrons. The molecule has 3 heteroatoms. The number of fused-ring (bicyclic) bond motifs is 2. The van der Waals surface area contributed by atoms with Gasteiger partial charge in [-0.15, -0.1) is 0 Å². The highest BCUT2D eigenvalue weighted by molar-refractivity contribution is 5.44. The summed E-state index contributed by atoms with van der Waals surface area (Å²) in [6.07, 6.45) is 13.2. The van der Waals surface area contributed by atoms with Crippen LogP contribution >= 0.6 is 0 Å². The second-order valence-corrected chi connectivity index (χ2v) is 8.98. The molecule has 138 valence electrons. The number of nitrogen functional groups attached to an aromatic ring is 1. The number of benzene rings is 1. The zero-order valence-corrected chi connectivity index (χ0v) is 15.6. The van der Waals surface area contributed by atoms with Gasteiger partial charge in [0, 0.05) is 11.7 Å². The monoisotopic (exact) mass is 342 g/mol. The average Bonchev–Trinajstić information content (AvgIpc) is 3.04. The zero-order chi connectivity index (χ0) is 17.3.